The van der Waals surface area contributed by atoms with Gasteiger partial charge in [-0.25, -0.2) is 0 Å². The van der Waals surface area contributed by atoms with E-state index < -0.39 is 0 Å². The van der Waals surface area contributed by atoms with Crippen LogP contribution in [0.4, 0.5) is 5.69 Å². The predicted octanol–water partition coefficient (Wildman–Crippen LogP) is 5.30. The van der Waals surface area contributed by atoms with Crippen LogP contribution in [0.2, 0.25) is 0 Å². The van der Waals surface area contributed by atoms with Gasteiger partial charge in [-0.05, 0) is 36.4 Å². The molecule has 0 aliphatic carbocycles. The second-order valence-corrected chi connectivity index (χ2v) is 6.45. The molecule has 0 saturated carbocycles. The Kier molecular flexibility index (Phi) is 5.48. The molecule has 30 heavy (non-hydrogen) atoms. The van der Waals surface area contributed by atoms with Crippen molar-refractivity contribution in [3.63, 3.8) is 0 Å². The number of nitrogens with one attached hydrogen (secondary N) is 1. The number of methoxy groups -OCH3 is 2. The Morgan fingerprint density at radius 1 is 0.800 bits per heavy atom. The molecular weight excluding hydrogens is 380 g/mol. The summed E-state index contributed by atoms with van der Waals surface area (Å²) in [6.07, 6.45) is 1.65. The number of benzene rings is 3. The number of para-hydroxylation sites is 2. The topological polar surface area (TPSA) is 69.7 Å². The highest BCUT2D eigenvalue weighted by atomic mass is 16.5. The van der Waals surface area contributed by atoms with E-state index in [-0.39, 0.29) is 5.91 Å². The molecule has 0 unspecified atom stereocenters. The highest BCUT2D eigenvalue weighted by Crippen LogP contribution is 2.37. The maximum absolute atomic E-state index is 12.8. The lowest BCUT2D eigenvalue weighted by molar-refractivity contribution is 0.102. The maximum Gasteiger partial charge on any atom is 0.259 e. The van der Waals surface area contributed by atoms with Gasteiger partial charge in [-0.2, -0.15) is 0 Å². The molecule has 6 heteroatoms. The number of carbonyl (C=O) groups is 1. The maximum atomic E-state index is 12.8. The van der Waals surface area contributed by atoms with Crippen LogP contribution in [0.15, 0.2) is 79.0 Å². The third-order valence-electron chi connectivity index (χ3n) is 4.59. The lowest BCUT2D eigenvalue weighted by atomic mass is 10.1. The minimum atomic E-state index is -0.255. The molecular formula is C24H20N2O4. The van der Waals surface area contributed by atoms with E-state index in [1.165, 1.54) is 0 Å². The van der Waals surface area contributed by atoms with Crippen LogP contribution in [0, 0.1) is 0 Å². The van der Waals surface area contributed by atoms with Crippen LogP contribution in [0.25, 0.3) is 10.9 Å². The average molecular weight is 400 g/mol. The fraction of sp³-hybridized carbons (Fsp3) is 0.0833. The number of nitrogens with zero attached hydrogens (tertiary/aromatic N) is 1. The third kappa shape index (κ3) is 3.89. The Morgan fingerprint density at radius 3 is 2.27 bits per heavy atom. The van der Waals surface area contributed by atoms with Gasteiger partial charge in [-0.15, -0.1) is 0 Å². The molecule has 0 radical (unpaired) electrons. The molecule has 3 aromatic carbocycles. The summed E-state index contributed by atoms with van der Waals surface area (Å²) in [7, 11) is 3.15. The fourth-order valence-electron chi connectivity index (χ4n) is 3.12. The first kappa shape index (κ1) is 19.3. The van der Waals surface area contributed by atoms with E-state index in [0.717, 1.165) is 5.39 Å². The zero-order chi connectivity index (χ0) is 20.9. The van der Waals surface area contributed by atoms with Gasteiger partial charge in [0.25, 0.3) is 5.91 Å². The van der Waals surface area contributed by atoms with Gasteiger partial charge in [0.2, 0.25) is 0 Å². The molecule has 0 spiro atoms. The number of carbonyl (C=O) groups excluding carboxylic acids is 1. The molecule has 0 saturated heterocycles. The fourth-order valence-corrected chi connectivity index (χ4v) is 3.12. The van der Waals surface area contributed by atoms with Crippen molar-refractivity contribution in [2.75, 3.05) is 19.5 Å². The first-order valence-corrected chi connectivity index (χ1v) is 9.33. The van der Waals surface area contributed by atoms with E-state index in [9.17, 15) is 4.79 Å². The number of ether oxygens (including phenoxy) is 3. The molecule has 0 aliphatic rings. The van der Waals surface area contributed by atoms with Gasteiger partial charge in [0.05, 0.1) is 25.3 Å². The molecule has 6 nitrogen and oxygen atoms in total. The number of amides is 1. The van der Waals surface area contributed by atoms with Crippen LogP contribution in [0.3, 0.4) is 0 Å². The Hall–Kier alpha value is -4.06. The normalized spacial score (nSPS) is 10.5. The minimum Gasteiger partial charge on any atom is -0.493 e. The second-order valence-electron chi connectivity index (χ2n) is 6.45. The van der Waals surface area contributed by atoms with Crippen molar-refractivity contribution in [2.45, 2.75) is 0 Å². The van der Waals surface area contributed by atoms with E-state index in [2.05, 4.69) is 10.3 Å². The molecule has 1 amide bonds. The zero-order valence-corrected chi connectivity index (χ0v) is 16.6. The number of fused-ring (bicyclic) bond motifs is 1. The minimum absolute atomic E-state index is 0.255. The van der Waals surface area contributed by atoms with Gasteiger partial charge in [-0.3, -0.25) is 9.78 Å². The highest BCUT2D eigenvalue weighted by Gasteiger charge is 2.16. The van der Waals surface area contributed by atoms with E-state index in [1.54, 1.807) is 50.7 Å². The summed E-state index contributed by atoms with van der Waals surface area (Å²) in [5, 5.41) is 3.63. The summed E-state index contributed by atoms with van der Waals surface area (Å²) >= 11 is 0. The van der Waals surface area contributed by atoms with Crippen LogP contribution in [-0.4, -0.2) is 25.1 Å². The Labute approximate surface area is 174 Å². The monoisotopic (exact) mass is 400 g/mol. The van der Waals surface area contributed by atoms with Gasteiger partial charge in [0.1, 0.15) is 11.5 Å². The van der Waals surface area contributed by atoms with E-state index in [1.807, 2.05) is 42.5 Å². The summed E-state index contributed by atoms with van der Waals surface area (Å²) in [5.41, 5.74) is 1.83. The number of rotatable bonds is 6. The molecule has 0 atom stereocenters. The van der Waals surface area contributed by atoms with E-state index >= 15 is 0 Å². The van der Waals surface area contributed by atoms with Crippen LogP contribution in [0.5, 0.6) is 23.0 Å². The van der Waals surface area contributed by atoms with Crippen molar-refractivity contribution >= 4 is 22.5 Å². The Bertz CT molecular complexity index is 1190. The molecule has 1 heterocycles. The molecule has 0 bridgehead atoms. The highest BCUT2D eigenvalue weighted by molar-refractivity contribution is 6.06. The molecule has 4 rings (SSSR count). The summed E-state index contributed by atoms with van der Waals surface area (Å²) in [5.74, 6) is 1.89. The summed E-state index contributed by atoms with van der Waals surface area (Å²) in [6.45, 7) is 0. The number of anilines is 1. The molecule has 150 valence electrons. The smallest absolute Gasteiger partial charge is 0.259 e. The van der Waals surface area contributed by atoms with Crippen molar-refractivity contribution in [3.8, 4) is 23.0 Å². The van der Waals surface area contributed by atoms with Crippen LogP contribution in [0.1, 0.15) is 10.4 Å². The van der Waals surface area contributed by atoms with Gasteiger partial charge in [0, 0.05) is 23.3 Å². The van der Waals surface area contributed by atoms with Gasteiger partial charge >= 0.3 is 0 Å². The quantitative estimate of drug-likeness (QED) is 0.476. The van der Waals surface area contributed by atoms with Crippen LogP contribution < -0.4 is 19.5 Å². The number of hydrogen-bond acceptors (Lipinski definition) is 5. The summed E-state index contributed by atoms with van der Waals surface area (Å²) in [6, 6.07) is 21.7. The van der Waals surface area contributed by atoms with Crippen molar-refractivity contribution in [2.24, 2.45) is 0 Å². The third-order valence-corrected chi connectivity index (χ3v) is 4.59. The van der Waals surface area contributed by atoms with Crippen molar-refractivity contribution in [3.05, 3.63) is 84.6 Å². The Morgan fingerprint density at radius 2 is 1.50 bits per heavy atom. The zero-order valence-electron chi connectivity index (χ0n) is 16.6. The second kappa shape index (κ2) is 8.53. The van der Waals surface area contributed by atoms with Crippen LogP contribution >= 0.6 is 0 Å². The van der Waals surface area contributed by atoms with Crippen molar-refractivity contribution < 1.29 is 19.0 Å². The first-order chi connectivity index (χ1) is 14.7. The first-order valence-electron chi connectivity index (χ1n) is 9.33. The van der Waals surface area contributed by atoms with E-state index in [0.29, 0.717) is 39.8 Å². The molecule has 1 N–H and O–H groups in total. The average Bonchev–Trinajstić information content (AvgIpc) is 2.79. The summed E-state index contributed by atoms with van der Waals surface area (Å²) in [4.78, 5) is 17.2. The SMILES string of the molecule is COc1cc2nccc(Oc3ccccc3C(=O)Nc3ccccc3)c2cc1OC. The number of pyridine rings is 1. The van der Waals surface area contributed by atoms with Gasteiger partial charge in [-0.1, -0.05) is 30.3 Å². The molecule has 0 aliphatic heterocycles. The van der Waals surface area contributed by atoms with Crippen molar-refractivity contribution in [1.29, 1.82) is 0 Å². The lowest BCUT2D eigenvalue weighted by Gasteiger charge is -2.14. The molecule has 4 aromatic rings. The summed E-state index contributed by atoms with van der Waals surface area (Å²) < 4.78 is 16.9. The van der Waals surface area contributed by atoms with Gasteiger partial charge < -0.3 is 19.5 Å². The standard InChI is InChI=1S/C24H20N2O4/c1-28-22-14-18-19(15-23(22)29-2)25-13-12-21(18)30-20-11-7-6-10-17(20)24(27)26-16-8-4-3-5-9-16/h3-15H,1-2H3,(H,26,27). The lowest BCUT2D eigenvalue weighted by Crippen LogP contribution is -2.12. The van der Waals surface area contributed by atoms with Gasteiger partial charge in [0.15, 0.2) is 11.5 Å². The number of hydrogen-bond donors (Lipinski definition) is 1. The largest absolute Gasteiger partial charge is 0.493 e. The van der Waals surface area contributed by atoms with E-state index in [4.69, 9.17) is 14.2 Å². The molecule has 0 fully saturated rings. The van der Waals surface area contributed by atoms with Crippen LogP contribution in [-0.2, 0) is 0 Å². The number of aromatic nitrogens is 1. The predicted molar refractivity (Wildman–Crippen MR) is 116 cm³/mol. The Balaban J connectivity index is 1.70. The van der Waals surface area contributed by atoms with Crippen molar-refractivity contribution in [1.82, 2.24) is 4.98 Å². The molecule has 1 aromatic heterocycles.